The molecule has 2 aromatic rings. The summed E-state index contributed by atoms with van der Waals surface area (Å²) in [6, 6.07) is 9.82. The zero-order valence-electron chi connectivity index (χ0n) is 17.1. The second-order valence-electron chi connectivity index (χ2n) is 7.56. The maximum atomic E-state index is 12.8. The fourth-order valence-corrected chi connectivity index (χ4v) is 3.86. The van der Waals surface area contributed by atoms with Crippen molar-refractivity contribution in [2.24, 2.45) is 11.8 Å². The minimum absolute atomic E-state index is 0.140. The molecule has 8 nitrogen and oxygen atoms in total. The van der Waals surface area contributed by atoms with Gasteiger partial charge in [-0.15, -0.1) is 0 Å². The fourth-order valence-electron chi connectivity index (χ4n) is 3.86. The van der Waals surface area contributed by atoms with E-state index in [4.69, 9.17) is 0 Å². The number of aromatic nitrogens is 2. The SMILES string of the molecule is CCn1cc(NC(=O)[C@H]2CCCC[C@@H]2C(=O)O)c(C(=O)NCCc2ccccc2)n1. The molecule has 0 saturated heterocycles. The summed E-state index contributed by atoms with van der Waals surface area (Å²) in [6.45, 7) is 2.87. The number of aliphatic carboxylic acids is 1. The Morgan fingerprint density at radius 2 is 1.83 bits per heavy atom. The Balaban J connectivity index is 1.67. The number of nitrogens with one attached hydrogen (secondary N) is 2. The van der Waals surface area contributed by atoms with Crippen molar-refractivity contribution >= 4 is 23.5 Å². The summed E-state index contributed by atoms with van der Waals surface area (Å²) >= 11 is 0. The van der Waals surface area contributed by atoms with E-state index >= 15 is 0 Å². The summed E-state index contributed by atoms with van der Waals surface area (Å²) in [4.78, 5) is 37.0. The number of carboxylic acid groups (broad SMARTS) is 1. The van der Waals surface area contributed by atoms with Gasteiger partial charge in [0.15, 0.2) is 5.69 Å². The topological polar surface area (TPSA) is 113 Å². The first-order valence-corrected chi connectivity index (χ1v) is 10.4. The highest BCUT2D eigenvalue weighted by molar-refractivity contribution is 6.03. The summed E-state index contributed by atoms with van der Waals surface area (Å²) in [6.07, 6.45) is 4.96. The average Bonchev–Trinajstić information content (AvgIpc) is 3.17. The molecule has 1 aromatic heterocycles. The van der Waals surface area contributed by atoms with Gasteiger partial charge >= 0.3 is 5.97 Å². The van der Waals surface area contributed by atoms with E-state index in [1.54, 1.807) is 10.9 Å². The molecule has 0 bridgehead atoms. The van der Waals surface area contributed by atoms with Crippen LogP contribution in [0.4, 0.5) is 5.69 Å². The van der Waals surface area contributed by atoms with Crippen LogP contribution in [0.1, 0.15) is 48.7 Å². The summed E-state index contributed by atoms with van der Waals surface area (Å²) in [5, 5.41) is 19.3. The molecular weight excluding hydrogens is 384 g/mol. The third-order valence-electron chi connectivity index (χ3n) is 5.52. The Bertz CT molecular complexity index is 894. The molecule has 1 aliphatic carbocycles. The molecule has 3 N–H and O–H groups in total. The standard InChI is InChI=1S/C22H28N4O4/c1-2-26-14-18(24-20(27)16-10-6-7-11-17(16)22(29)30)19(25-26)21(28)23-13-12-15-8-4-3-5-9-15/h3-5,8-9,14,16-17H,2,6-7,10-13H2,1H3,(H,23,28)(H,24,27)(H,29,30)/t16-,17-/m0/s1. The van der Waals surface area contributed by atoms with Crippen LogP contribution in [0.2, 0.25) is 0 Å². The molecule has 0 aliphatic heterocycles. The molecule has 0 radical (unpaired) electrons. The molecule has 1 aromatic carbocycles. The average molecular weight is 412 g/mol. The smallest absolute Gasteiger partial charge is 0.307 e. The van der Waals surface area contributed by atoms with Crippen molar-refractivity contribution in [3.63, 3.8) is 0 Å². The van der Waals surface area contributed by atoms with Crippen molar-refractivity contribution in [1.82, 2.24) is 15.1 Å². The van der Waals surface area contributed by atoms with Crippen LogP contribution in [0.5, 0.6) is 0 Å². The lowest BCUT2D eigenvalue weighted by Crippen LogP contribution is -2.36. The highest BCUT2D eigenvalue weighted by Crippen LogP contribution is 2.31. The fraction of sp³-hybridized carbons (Fsp3) is 0.455. The maximum absolute atomic E-state index is 12.8. The molecule has 1 aliphatic rings. The van der Waals surface area contributed by atoms with E-state index in [0.29, 0.717) is 38.0 Å². The highest BCUT2D eigenvalue weighted by atomic mass is 16.4. The van der Waals surface area contributed by atoms with Crippen molar-refractivity contribution in [1.29, 1.82) is 0 Å². The maximum Gasteiger partial charge on any atom is 0.307 e. The van der Waals surface area contributed by atoms with Gasteiger partial charge in [-0.1, -0.05) is 43.2 Å². The number of benzene rings is 1. The van der Waals surface area contributed by atoms with Gasteiger partial charge in [-0.05, 0) is 31.7 Å². The number of hydrogen-bond acceptors (Lipinski definition) is 4. The summed E-state index contributed by atoms with van der Waals surface area (Å²) < 4.78 is 1.58. The van der Waals surface area contributed by atoms with Crippen molar-refractivity contribution in [3.05, 3.63) is 47.8 Å². The summed E-state index contributed by atoms with van der Waals surface area (Å²) in [5.74, 6) is -2.97. The highest BCUT2D eigenvalue weighted by Gasteiger charge is 2.36. The number of hydrogen-bond donors (Lipinski definition) is 3. The lowest BCUT2D eigenvalue weighted by Gasteiger charge is -2.27. The number of carboxylic acids is 1. The van der Waals surface area contributed by atoms with E-state index in [-0.39, 0.29) is 17.5 Å². The molecule has 3 rings (SSSR count). The first-order chi connectivity index (χ1) is 14.5. The Kier molecular flexibility index (Phi) is 7.21. The van der Waals surface area contributed by atoms with E-state index < -0.39 is 17.8 Å². The van der Waals surface area contributed by atoms with Crippen LogP contribution >= 0.6 is 0 Å². The molecular formula is C22H28N4O4. The van der Waals surface area contributed by atoms with Gasteiger partial charge in [-0.25, -0.2) is 0 Å². The number of rotatable bonds is 8. The van der Waals surface area contributed by atoms with Gasteiger partial charge in [0.05, 0.1) is 17.5 Å². The second kappa shape index (κ2) is 10.0. The molecule has 8 heteroatoms. The molecule has 30 heavy (non-hydrogen) atoms. The van der Waals surface area contributed by atoms with Gasteiger partial charge in [-0.2, -0.15) is 5.10 Å². The van der Waals surface area contributed by atoms with Crippen LogP contribution in [-0.2, 0) is 22.6 Å². The first-order valence-electron chi connectivity index (χ1n) is 10.4. The van der Waals surface area contributed by atoms with Crippen LogP contribution in [0, 0.1) is 11.8 Å². The van der Waals surface area contributed by atoms with Gasteiger partial charge in [0.1, 0.15) is 0 Å². The van der Waals surface area contributed by atoms with E-state index in [1.807, 2.05) is 37.3 Å². The summed E-state index contributed by atoms with van der Waals surface area (Å²) in [7, 11) is 0. The number of carbonyl (C=O) groups is 3. The van der Waals surface area contributed by atoms with Crippen molar-refractivity contribution < 1.29 is 19.5 Å². The monoisotopic (exact) mass is 412 g/mol. The van der Waals surface area contributed by atoms with Crippen molar-refractivity contribution in [2.45, 2.75) is 45.6 Å². The first kappa shape index (κ1) is 21.5. The summed E-state index contributed by atoms with van der Waals surface area (Å²) in [5.41, 5.74) is 1.57. The minimum Gasteiger partial charge on any atom is -0.481 e. The largest absolute Gasteiger partial charge is 0.481 e. The van der Waals surface area contributed by atoms with Crippen molar-refractivity contribution in [3.8, 4) is 0 Å². The van der Waals surface area contributed by atoms with Crippen LogP contribution in [0.25, 0.3) is 0 Å². The molecule has 1 heterocycles. The lowest BCUT2D eigenvalue weighted by molar-refractivity contribution is -0.147. The van der Waals surface area contributed by atoms with E-state index in [0.717, 1.165) is 18.4 Å². The van der Waals surface area contributed by atoms with E-state index in [9.17, 15) is 19.5 Å². The molecule has 1 saturated carbocycles. The van der Waals surface area contributed by atoms with Crippen LogP contribution in [0.3, 0.4) is 0 Å². The van der Waals surface area contributed by atoms with Crippen LogP contribution in [-0.4, -0.2) is 39.2 Å². The molecule has 0 unspecified atom stereocenters. The van der Waals surface area contributed by atoms with Gasteiger partial charge in [0, 0.05) is 19.3 Å². The Morgan fingerprint density at radius 3 is 2.50 bits per heavy atom. The predicted molar refractivity (Wildman–Crippen MR) is 112 cm³/mol. The number of amides is 2. The number of nitrogens with zero attached hydrogens (tertiary/aromatic N) is 2. The number of aryl methyl sites for hydroxylation is 1. The molecule has 160 valence electrons. The Morgan fingerprint density at radius 1 is 1.13 bits per heavy atom. The van der Waals surface area contributed by atoms with Gasteiger partial charge in [-0.3, -0.25) is 19.1 Å². The van der Waals surface area contributed by atoms with Gasteiger partial charge in [0.25, 0.3) is 5.91 Å². The quantitative estimate of drug-likeness (QED) is 0.617. The third kappa shape index (κ3) is 5.25. The third-order valence-corrected chi connectivity index (χ3v) is 5.52. The second-order valence-corrected chi connectivity index (χ2v) is 7.56. The zero-order valence-corrected chi connectivity index (χ0v) is 17.1. The number of anilines is 1. The molecule has 2 atom stereocenters. The lowest BCUT2D eigenvalue weighted by atomic mass is 9.78. The molecule has 0 spiro atoms. The van der Waals surface area contributed by atoms with Crippen LogP contribution < -0.4 is 10.6 Å². The Labute approximate surface area is 175 Å². The van der Waals surface area contributed by atoms with E-state index in [1.165, 1.54) is 0 Å². The molecule has 2 amide bonds. The predicted octanol–water partition coefficient (Wildman–Crippen LogP) is 2.71. The van der Waals surface area contributed by atoms with Crippen LogP contribution in [0.15, 0.2) is 36.5 Å². The number of carbonyl (C=O) groups excluding carboxylic acids is 2. The van der Waals surface area contributed by atoms with Gasteiger partial charge < -0.3 is 15.7 Å². The minimum atomic E-state index is -0.946. The zero-order chi connectivity index (χ0) is 21.5. The van der Waals surface area contributed by atoms with E-state index in [2.05, 4.69) is 15.7 Å². The van der Waals surface area contributed by atoms with Gasteiger partial charge in [0.2, 0.25) is 5.91 Å². The Hall–Kier alpha value is -3.16. The molecule has 1 fully saturated rings. The normalized spacial score (nSPS) is 18.6. The van der Waals surface area contributed by atoms with Crippen molar-refractivity contribution in [2.75, 3.05) is 11.9 Å².